The van der Waals surface area contributed by atoms with Gasteiger partial charge >= 0.3 is 0 Å². The molecule has 0 unspecified atom stereocenters. The number of carboxylic acids is 1. The second-order valence-corrected chi connectivity index (χ2v) is 7.76. The van der Waals surface area contributed by atoms with Gasteiger partial charge in [-0.2, -0.15) is 0 Å². The molecule has 0 amide bonds. The smallest absolute Gasteiger partial charge is 0.0414 e. The van der Waals surface area contributed by atoms with Crippen LogP contribution in [0.2, 0.25) is 0 Å². The lowest BCUT2D eigenvalue weighted by Gasteiger charge is -2.10. The van der Waals surface area contributed by atoms with E-state index in [0.29, 0.717) is 6.42 Å². The Bertz CT molecular complexity index is 459. The first-order valence-corrected chi connectivity index (χ1v) is 11.2. The minimum atomic E-state index is -0.944. The Morgan fingerprint density at radius 1 is 0.720 bits per heavy atom. The third kappa shape index (κ3) is 12.2. The highest BCUT2D eigenvalue weighted by Gasteiger charge is 2.02. The maximum absolute atomic E-state index is 10.5. The number of hydrogen-bond acceptors (Lipinski definition) is 2. The molecule has 0 fully saturated rings. The van der Waals surface area contributed by atoms with E-state index < -0.39 is 5.97 Å². The van der Waals surface area contributed by atoms with E-state index >= 15 is 0 Å². The molecule has 0 aliphatic carbocycles. The van der Waals surface area contributed by atoms with Crippen LogP contribution in [0.25, 0.3) is 0 Å². The van der Waals surface area contributed by atoms with Gasteiger partial charge in [-0.25, -0.2) is 0 Å². The molecule has 0 saturated carbocycles. The van der Waals surface area contributed by atoms with E-state index in [1.54, 1.807) is 0 Å². The van der Waals surface area contributed by atoms with E-state index in [2.05, 4.69) is 40.2 Å². The number of carbonyl (C=O) groups excluding carboxylic acids is 1. The van der Waals surface area contributed by atoms with E-state index in [9.17, 15) is 9.90 Å². The topological polar surface area (TPSA) is 40.1 Å². The van der Waals surface area contributed by atoms with Crippen molar-refractivity contribution in [2.24, 2.45) is 0 Å². The standard InChI is InChI=1S/C22H35BrO2/c23-19-12-8-6-4-2-1-3-5-7-9-14-20-15-10-11-16-21(20)17-13-18-22(24)25/h10-11,15-16H,1-9,12-14,17-19H2,(H,24,25)/p-1. The minimum Gasteiger partial charge on any atom is -0.550 e. The Hall–Kier alpha value is -0.830. The van der Waals surface area contributed by atoms with Gasteiger partial charge in [-0.1, -0.05) is 91.6 Å². The van der Waals surface area contributed by atoms with Crippen molar-refractivity contribution in [3.05, 3.63) is 35.4 Å². The predicted molar refractivity (Wildman–Crippen MR) is 108 cm³/mol. The largest absolute Gasteiger partial charge is 0.550 e. The van der Waals surface area contributed by atoms with Crippen LogP contribution >= 0.6 is 15.9 Å². The molecule has 25 heavy (non-hydrogen) atoms. The molecule has 0 heterocycles. The van der Waals surface area contributed by atoms with Crippen LogP contribution in [0.5, 0.6) is 0 Å². The van der Waals surface area contributed by atoms with Crippen molar-refractivity contribution >= 4 is 21.9 Å². The third-order valence-corrected chi connectivity index (χ3v) is 5.34. The van der Waals surface area contributed by atoms with Gasteiger partial charge in [0.25, 0.3) is 0 Å². The highest BCUT2D eigenvalue weighted by Crippen LogP contribution is 2.17. The Kier molecular flexibility index (Phi) is 13.7. The van der Waals surface area contributed by atoms with Crippen LogP contribution < -0.4 is 5.11 Å². The molecule has 0 radical (unpaired) electrons. The van der Waals surface area contributed by atoms with Gasteiger partial charge in [-0.3, -0.25) is 0 Å². The number of carboxylic acid groups (broad SMARTS) is 1. The third-order valence-electron chi connectivity index (χ3n) is 4.78. The number of hydrogen-bond donors (Lipinski definition) is 0. The van der Waals surface area contributed by atoms with Crippen LogP contribution in [0.1, 0.15) is 88.2 Å². The number of aliphatic carboxylic acids is 1. The molecule has 2 nitrogen and oxygen atoms in total. The first-order chi connectivity index (χ1) is 12.2. The molecule has 0 aliphatic rings. The lowest BCUT2D eigenvalue weighted by atomic mass is 9.97. The number of unbranched alkanes of at least 4 members (excludes halogenated alkanes) is 9. The van der Waals surface area contributed by atoms with Crippen LogP contribution in [0, 0.1) is 0 Å². The fraction of sp³-hybridized carbons (Fsp3) is 0.682. The number of halogens is 1. The van der Waals surface area contributed by atoms with Gasteiger partial charge < -0.3 is 9.90 Å². The Labute approximate surface area is 162 Å². The zero-order chi connectivity index (χ0) is 18.2. The van der Waals surface area contributed by atoms with E-state index in [0.717, 1.165) is 18.2 Å². The van der Waals surface area contributed by atoms with Crippen molar-refractivity contribution in [3.63, 3.8) is 0 Å². The highest BCUT2D eigenvalue weighted by molar-refractivity contribution is 9.09. The molecule has 1 rings (SSSR count). The Morgan fingerprint density at radius 3 is 1.64 bits per heavy atom. The molecular weight excluding hydrogens is 376 g/mol. The van der Waals surface area contributed by atoms with Crippen LogP contribution in [-0.4, -0.2) is 11.3 Å². The molecular formula is C22H34BrO2-. The van der Waals surface area contributed by atoms with Crippen molar-refractivity contribution in [2.45, 2.75) is 89.9 Å². The van der Waals surface area contributed by atoms with Gasteiger partial charge in [0, 0.05) is 11.3 Å². The van der Waals surface area contributed by atoms with Gasteiger partial charge in [0.05, 0.1) is 0 Å². The van der Waals surface area contributed by atoms with Crippen molar-refractivity contribution < 1.29 is 9.90 Å². The maximum Gasteiger partial charge on any atom is 0.0414 e. The summed E-state index contributed by atoms with van der Waals surface area (Å²) in [5, 5.41) is 11.7. The molecule has 1 aromatic carbocycles. The SMILES string of the molecule is O=C([O-])CCCc1ccccc1CCCCCCCCCCCCBr. The van der Waals surface area contributed by atoms with Crippen molar-refractivity contribution in [2.75, 3.05) is 5.33 Å². The average Bonchev–Trinajstić information content (AvgIpc) is 2.60. The predicted octanol–water partition coefficient (Wildman–Crippen LogP) is 5.60. The van der Waals surface area contributed by atoms with Crippen LogP contribution in [0.4, 0.5) is 0 Å². The monoisotopic (exact) mass is 409 g/mol. The molecule has 0 atom stereocenters. The summed E-state index contributed by atoms with van der Waals surface area (Å²) < 4.78 is 0. The number of benzene rings is 1. The molecule has 0 aliphatic heterocycles. The Morgan fingerprint density at radius 2 is 1.16 bits per heavy atom. The van der Waals surface area contributed by atoms with Gasteiger partial charge in [0.2, 0.25) is 0 Å². The van der Waals surface area contributed by atoms with Crippen molar-refractivity contribution in [1.82, 2.24) is 0 Å². The number of carbonyl (C=O) groups is 1. The summed E-state index contributed by atoms with van der Waals surface area (Å²) in [4.78, 5) is 10.5. The molecule has 0 saturated heterocycles. The average molecular weight is 410 g/mol. The second kappa shape index (κ2) is 15.4. The molecule has 0 aromatic heterocycles. The summed E-state index contributed by atoms with van der Waals surface area (Å²) >= 11 is 3.48. The minimum absolute atomic E-state index is 0.157. The van der Waals surface area contributed by atoms with Crippen LogP contribution in [0.15, 0.2) is 24.3 Å². The van der Waals surface area contributed by atoms with E-state index in [4.69, 9.17) is 0 Å². The zero-order valence-electron chi connectivity index (χ0n) is 15.6. The maximum atomic E-state index is 10.5. The lowest BCUT2D eigenvalue weighted by Crippen LogP contribution is -2.21. The first-order valence-electron chi connectivity index (χ1n) is 10.1. The zero-order valence-corrected chi connectivity index (χ0v) is 17.2. The molecule has 142 valence electrons. The summed E-state index contributed by atoms with van der Waals surface area (Å²) in [6.45, 7) is 0. The van der Waals surface area contributed by atoms with Gasteiger partial charge in [0.15, 0.2) is 0 Å². The molecule has 3 heteroatoms. The number of aryl methyl sites for hydroxylation is 2. The molecule has 0 spiro atoms. The first kappa shape index (κ1) is 22.2. The van der Waals surface area contributed by atoms with Gasteiger partial charge in [-0.15, -0.1) is 0 Å². The van der Waals surface area contributed by atoms with E-state index in [1.165, 1.54) is 75.3 Å². The summed E-state index contributed by atoms with van der Waals surface area (Å²) in [5.41, 5.74) is 2.71. The second-order valence-electron chi connectivity index (χ2n) is 6.97. The normalized spacial score (nSPS) is 10.9. The molecule has 1 aromatic rings. The summed E-state index contributed by atoms with van der Waals surface area (Å²) in [6, 6.07) is 8.48. The van der Waals surface area contributed by atoms with Crippen molar-refractivity contribution in [3.8, 4) is 0 Å². The van der Waals surface area contributed by atoms with E-state index in [1.807, 2.05) is 0 Å². The van der Waals surface area contributed by atoms with Crippen molar-refractivity contribution in [1.29, 1.82) is 0 Å². The summed E-state index contributed by atoms with van der Waals surface area (Å²) in [5.74, 6) is -0.944. The lowest BCUT2D eigenvalue weighted by molar-refractivity contribution is -0.305. The number of rotatable bonds is 16. The van der Waals surface area contributed by atoms with Gasteiger partial charge in [0.1, 0.15) is 0 Å². The van der Waals surface area contributed by atoms with Crippen LogP contribution in [0.3, 0.4) is 0 Å². The fourth-order valence-corrected chi connectivity index (χ4v) is 3.69. The molecule has 0 N–H and O–H groups in total. The summed E-state index contributed by atoms with van der Waals surface area (Å²) in [7, 11) is 0. The van der Waals surface area contributed by atoms with Crippen LogP contribution in [-0.2, 0) is 17.6 Å². The summed E-state index contributed by atoms with van der Waals surface area (Å²) in [6.07, 6.45) is 16.3. The highest BCUT2D eigenvalue weighted by atomic mass is 79.9. The Balaban J connectivity index is 2.07. The van der Waals surface area contributed by atoms with Gasteiger partial charge in [-0.05, 0) is 49.7 Å². The quantitative estimate of drug-likeness (QED) is 0.263. The van der Waals surface area contributed by atoms with E-state index in [-0.39, 0.29) is 6.42 Å². The molecule has 0 bridgehead atoms. The number of alkyl halides is 1. The fourth-order valence-electron chi connectivity index (χ4n) is 3.29.